The monoisotopic (exact) mass is 439 g/mol. The van der Waals surface area contributed by atoms with Crippen LogP contribution in [0.15, 0.2) is 36.4 Å². The van der Waals surface area contributed by atoms with Crippen molar-refractivity contribution in [3.05, 3.63) is 58.4 Å². The van der Waals surface area contributed by atoms with Gasteiger partial charge in [0.15, 0.2) is 0 Å². The molecule has 0 spiro atoms. The highest BCUT2D eigenvalue weighted by Gasteiger charge is 2.27. The molecule has 1 atom stereocenters. The third kappa shape index (κ3) is 5.36. The van der Waals surface area contributed by atoms with Gasteiger partial charge in [0.05, 0.1) is 32.4 Å². The Morgan fingerprint density at radius 2 is 2.16 bits per heavy atom. The zero-order valence-electron chi connectivity index (χ0n) is 17.8. The number of ether oxygens (including phenoxy) is 2. The van der Waals surface area contributed by atoms with Crippen LogP contribution in [0.1, 0.15) is 28.1 Å². The van der Waals surface area contributed by atoms with Crippen LogP contribution in [0.5, 0.6) is 5.75 Å². The minimum absolute atomic E-state index is 0.0666. The number of hydrogen-bond donors (Lipinski definition) is 1. The molecule has 3 aromatic rings. The summed E-state index contributed by atoms with van der Waals surface area (Å²) in [6.07, 6.45) is 0.0496. The number of carbonyl (C=O) groups excluding carboxylic acids is 1. The molecule has 31 heavy (non-hydrogen) atoms. The van der Waals surface area contributed by atoms with Crippen LogP contribution in [0.25, 0.3) is 0 Å². The van der Waals surface area contributed by atoms with Crippen LogP contribution >= 0.6 is 11.3 Å². The van der Waals surface area contributed by atoms with Gasteiger partial charge in [-0.1, -0.05) is 23.5 Å². The molecule has 0 bridgehead atoms. The van der Waals surface area contributed by atoms with E-state index in [0.29, 0.717) is 26.1 Å². The Morgan fingerprint density at radius 1 is 1.29 bits per heavy atom. The van der Waals surface area contributed by atoms with Gasteiger partial charge in [0.25, 0.3) is 0 Å². The quantitative estimate of drug-likeness (QED) is 0.629. The highest BCUT2D eigenvalue weighted by Crippen LogP contribution is 2.27. The second-order valence-electron chi connectivity index (χ2n) is 7.40. The van der Waals surface area contributed by atoms with Gasteiger partial charge >= 0.3 is 0 Å². The number of morpholine rings is 1. The van der Waals surface area contributed by atoms with Gasteiger partial charge in [0.1, 0.15) is 16.9 Å². The second kappa shape index (κ2) is 9.40. The number of carbonyl (C=O) groups is 1. The zero-order chi connectivity index (χ0) is 21.8. The van der Waals surface area contributed by atoms with Crippen molar-refractivity contribution >= 4 is 28.1 Å². The van der Waals surface area contributed by atoms with E-state index in [-0.39, 0.29) is 12.0 Å². The maximum absolute atomic E-state index is 12.9. The molecule has 4 rings (SSSR count). The summed E-state index contributed by atoms with van der Waals surface area (Å²) in [7, 11) is 1.62. The van der Waals surface area contributed by atoms with Crippen molar-refractivity contribution in [1.29, 1.82) is 0 Å². The molecule has 2 aromatic heterocycles. The van der Waals surface area contributed by atoms with E-state index in [0.717, 1.165) is 38.5 Å². The molecule has 1 aromatic carbocycles. The number of nitrogens with zero attached hydrogens (tertiary/aromatic N) is 4. The average Bonchev–Trinajstić information content (AvgIpc) is 3.18. The van der Waals surface area contributed by atoms with Gasteiger partial charge in [-0.15, -0.1) is 10.2 Å². The number of aryl methyl sites for hydroxylation is 2. The summed E-state index contributed by atoms with van der Waals surface area (Å²) < 4.78 is 11.2. The summed E-state index contributed by atoms with van der Waals surface area (Å²) in [5, 5.41) is 13.1. The van der Waals surface area contributed by atoms with E-state index in [1.165, 1.54) is 11.3 Å². The number of pyridine rings is 1. The van der Waals surface area contributed by atoms with Gasteiger partial charge in [0.2, 0.25) is 11.0 Å². The molecule has 1 N–H and O–H groups in total. The molecular weight excluding hydrogens is 414 g/mol. The standard InChI is InChI=1S/C22H25N5O3S/c1-14-9-17(24-22-26-25-15(2)31-22)12-19(23-14)20-13-27(7-8-30-20)21(28)11-16-5-4-6-18(10-16)29-3/h4-6,9-10,12,20H,7-8,11,13H2,1-3H3,(H,23,24,26)/t20-/m1/s1. The third-order valence-electron chi connectivity index (χ3n) is 4.99. The van der Waals surface area contributed by atoms with Crippen molar-refractivity contribution in [3.63, 3.8) is 0 Å². The summed E-state index contributed by atoms with van der Waals surface area (Å²) in [5.74, 6) is 0.816. The molecule has 0 unspecified atom stereocenters. The van der Waals surface area contributed by atoms with Crippen molar-refractivity contribution in [3.8, 4) is 5.75 Å². The normalized spacial score (nSPS) is 16.2. The first kappa shape index (κ1) is 21.2. The Hall–Kier alpha value is -3.04. The minimum Gasteiger partial charge on any atom is -0.497 e. The molecule has 1 amide bonds. The highest BCUT2D eigenvalue weighted by molar-refractivity contribution is 7.15. The molecule has 3 heterocycles. The van der Waals surface area contributed by atoms with Crippen molar-refractivity contribution in [2.45, 2.75) is 26.4 Å². The van der Waals surface area contributed by atoms with Crippen LogP contribution in [-0.4, -0.2) is 52.8 Å². The van der Waals surface area contributed by atoms with Gasteiger partial charge in [-0.05, 0) is 43.7 Å². The van der Waals surface area contributed by atoms with Crippen LogP contribution in [0, 0.1) is 13.8 Å². The first-order valence-electron chi connectivity index (χ1n) is 10.1. The number of methoxy groups -OCH3 is 1. The van der Waals surface area contributed by atoms with Crippen LogP contribution in [0.2, 0.25) is 0 Å². The lowest BCUT2D eigenvalue weighted by atomic mass is 10.1. The van der Waals surface area contributed by atoms with E-state index in [2.05, 4.69) is 20.5 Å². The van der Waals surface area contributed by atoms with Gasteiger partial charge < -0.3 is 19.7 Å². The fourth-order valence-corrected chi connectivity index (χ4v) is 4.14. The molecule has 0 aliphatic carbocycles. The summed E-state index contributed by atoms with van der Waals surface area (Å²) in [6.45, 7) is 5.37. The summed E-state index contributed by atoms with van der Waals surface area (Å²) >= 11 is 1.49. The molecule has 0 saturated carbocycles. The minimum atomic E-state index is -0.278. The summed E-state index contributed by atoms with van der Waals surface area (Å²) in [6, 6.07) is 11.5. The first-order chi connectivity index (χ1) is 15.0. The summed E-state index contributed by atoms with van der Waals surface area (Å²) in [5.41, 5.74) is 3.47. The predicted molar refractivity (Wildman–Crippen MR) is 119 cm³/mol. The number of benzene rings is 1. The lowest BCUT2D eigenvalue weighted by molar-refractivity contribution is -0.138. The molecule has 0 radical (unpaired) electrons. The Kier molecular flexibility index (Phi) is 6.43. The third-order valence-corrected chi connectivity index (χ3v) is 5.74. The van der Waals surface area contributed by atoms with Crippen molar-refractivity contribution < 1.29 is 14.3 Å². The lowest BCUT2D eigenvalue weighted by Gasteiger charge is -2.33. The number of nitrogens with one attached hydrogen (secondary N) is 1. The maximum atomic E-state index is 12.9. The van der Waals surface area contributed by atoms with Crippen molar-refractivity contribution in [2.24, 2.45) is 0 Å². The van der Waals surface area contributed by atoms with Crippen molar-refractivity contribution in [2.75, 3.05) is 32.1 Å². The zero-order valence-corrected chi connectivity index (χ0v) is 18.6. The Balaban J connectivity index is 1.45. The van der Waals surface area contributed by atoms with Gasteiger partial charge in [-0.2, -0.15) is 0 Å². The van der Waals surface area contributed by atoms with E-state index in [1.54, 1.807) is 7.11 Å². The molecule has 9 heteroatoms. The molecule has 162 valence electrons. The van der Waals surface area contributed by atoms with Crippen LogP contribution in [-0.2, 0) is 16.0 Å². The van der Waals surface area contributed by atoms with Gasteiger partial charge in [0, 0.05) is 17.9 Å². The number of amides is 1. The summed E-state index contributed by atoms with van der Waals surface area (Å²) in [4.78, 5) is 19.4. The number of anilines is 2. The smallest absolute Gasteiger partial charge is 0.227 e. The van der Waals surface area contributed by atoms with E-state index in [9.17, 15) is 4.79 Å². The topological polar surface area (TPSA) is 89.5 Å². The molecule has 1 saturated heterocycles. The van der Waals surface area contributed by atoms with E-state index in [4.69, 9.17) is 9.47 Å². The SMILES string of the molecule is COc1cccc(CC(=O)N2CCO[C@@H](c3cc(Nc4nnc(C)s4)cc(C)n3)C2)c1. The van der Waals surface area contributed by atoms with Gasteiger partial charge in [-0.25, -0.2) is 0 Å². The molecule has 8 nitrogen and oxygen atoms in total. The first-order valence-corrected chi connectivity index (χ1v) is 10.9. The lowest BCUT2D eigenvalue weighted by Crippen LogP contribution is -2.43. The number of hydrogen-bond acceptors (Lipinski definition) is 8. The average molecular weight is 440 g/mol. The van der Waals surface area contributed by atoms with E-state index >= 15 is 0 Å². The fourth-order valence-electron chi connectivity index (χ4n) is 3.53. The number of aromatic nitrogens is 3. The van der Waals surface area contributed by atoms with Crippen LogP contribution in [0.3, 0.4) is 0 Å². The number of rotatable bonds is 6. The van der Waals surface area contributed by atoms with Crippen molar-refractivity contribution in [1.82, 2.24) is 20.1 Å². The van der Waals surface area contributed by atoms with Crippen LogP contribution in [0.4, 0.5) is 10.8 Å². The predicted octanol–water partition coefficient (Wildman–Crippen LogP) is 3.44. The molecule has 1 fully saturated rings. The highest BCUT2D eigenvalue weighted by atomic mass is 32.1. The fraction of sp³-hybridized carbons (Fsp3) is 0.364. The Morgan fingerprint density at radius 3 is 2.94 bits per heavy atom. The van der Waals surface area contributed by atoms with Crippen LogP contribution < -0.4 is 10.1 Å². The molecular formula is C22H25N5O3S. The van der Waals surface area contributed by atoms with E-state index in [1.807, 2.05) is 55.1 Å². The largest absolute Gasteiger partial charge is 0.497 e. The molecule has 1 aliphatic heterocycles. The second-order valence-corrected chi connectivity index (χ2v) is 8.58. The molecule has 1 aliphatic rings. The Labute approximate surface area is 185 Å². The van der Waals surface area contributed by atoms with E-state index < -0.39 is 0 Å². The van der Waals surface area contributed by atoms with Gasteiger partial charge in [-0.3, -0.25) is 9.78 Å². The maximum Gasteiger partial charge on any atom is 0.227 e. The Bertz CT molecular complexity index is 1070.